The first-order valence-electron chi connectivity index (χ1n) is 8.65. The fraction of sp³-hybridized carbons (Fsp3) is 0.0952. The lowest BCUT2D eigenvalue weighted by Crippen LogP contribution is -2.30. The van der Waals surface area contributed by atoms with Gasteiger partial charge in [0.05, 0.1) is 11.8 Å². The monoisotopic (exact) mass is 412 g/mol. The summed E-state index contributed by atoms with van der Waals surface area (Å²) in [5, 5.41) is 5.75. The van der Waals surface area contributed by atoms with Gasteiger partial charge in [-0.1, -0.05) is 17.7 Å². The van der Waals surface area contributed by atoms with Gasteiger partial charge < -0.3 is 19.8 Å². The van der Waals surface area contributed by atoms with E-state index in [1.807, 2.05) is 0 Å². The zero-order valence-electron chi connectivity index (χ0n) is 15.3. The van der Waals surface area contributed by atoms with Gasteiger partial charge in [0.1, 0.15) is 0 Å². The molecule has 0 radical (unpaired) electrons. The SMILES string of the molecule is C[C@H](OC(=O)c1ccc(NC(=O)c2ccco2)cc1)C(=O)Nc1cccc(Cl)c1. The van der Waals surface area contributed by atoms with E-state index in [4.69, 9.17) is 20.8 Å². The van der Waals surface area contributed by atoms with Crippen LogP contribution in [0.25, 0.3) is 0 Å². The summed E-state index contributed by atoms with van der Waals surface area (Å²) in [6.45, 7) is 1.47. The summed E-state index contributed by atoms with van der Waals surface area (Å²) >= 11 is 5.88. The van der Waals surface area contributed by atoms with Crippen molar-refractivity contribution in [2.45, 2.75) is 13.0 Å². The molecule has 2 aromatic carbocycles. The van der Waals surface area contributed by atoms with Crippen LogP contribution in [0.15, 0.2) is 71.3 Å². The van der Waals surface area contributed by atoms with Gasteiger partial charge in [-0.15, -0.1) is 0 Å². The van der Waals surface area contributed by atoms with Gasteiger partial charge in [-0.25, -0.2) is 4.79 Å². The second-order valence-electron chi connectivity index (χ2n) is 6.06. The van der Waals surface area contributed by atoms with E-state index in [-0.39, 0.29) is 11.3 Å². The number of esters is 1. The number of halogens is 1. The van der Waals surface area contributed by atoms with Crippen LogP contribution in [0.5, 0.6) is 0 Å². The number of amides is 2. The van der Waals surface area contributed by atoms with Crippen molar-refractivity contribution in [2.24, 2.45) is 0 Å². The van der Waals surface area contributed by atoms with Gasteiger partial charge in [0.25, 0.3) is 11.8 Å². The molecule has 0 saturated carbocycles. The minimum absolute atomic E-state index is 0.174. The molecular weight excluding hydrogens is 396 g/mol. The molecule has 0 unspecified atom stereocenters. The van der Waals surface area contributed by atoms with E-state index < -0.39 is 23.9 Å². The Morgan fingerprint density at radius 3 is 2.38 bits per heavy atom. The van der Waals surface area contributed by atoms with E-state index in [2.05, 4.69) is 10.6 Å². The summed E-state index contributed by atoms with van der Waals surface area (Å²) in [6.07, 6.45) is 0.386. The minimum Gasteiger partial charge on any atom is -0.459 e. The number of carbonyl (C=O) groups is 3. The number of carbonyl (C=O) groups excluding carboxylic acids is 3. The summed E-state index contributed by atoms with van der Waals surface area (Å²) in [7, 11) is 0. The average Bonchev–Trinajstić information content (AvgIpc) is 3.23. The van der Waals surface area contributed by atoms with Gasteiger partial charge in [0.15, 0.2) is 11.9 Å². The average molecular weight is 413 g/mol. The van der Waals surface area contributed by atoms with E-state index in [0.29, 0.717) is 16.4 Å². The molecule has 0 fully saturated rings. The molecule has 1 atom stereocenters. The number of benzene rings is 2. The Bertz CT molecular complexity index is 1020. The number of rotatable bonds is 6. The largest absolute Gasteiger partial charge is 0.459 e. The lowest BCUT2D eigenvalue weighted by Gasteiger charge is -2.14. The van der Waals surface area contributed by atoms with Crippen LogP contribution in [0.2, 0.25) is 5.02 Å². The molecule has 0 aliphatic carbocycles. The van der Waals surface area contributed by atoms with Crippen LogP contribution in [0.1, 0.15) is 27.8 Å². The molecule has 0 aliphatic rings. The van der Waals surface area contributed by atoms with E-state index in [0.717, 1.165) is 0 Å². The highest BCUT2D eigenvalue weighted by Gasteiger charge is 2.19. The van der Waals surface area contributed by atoms with E-state index >= 15 is 0 Å². The molecule has 0 bridgehead atoms. The lowest BCUT2D eigenvalue weighted by molar-refractivity contribution is -0.123. The van der Waals surface area contributed by atoms with Crippen LogP contribution in [0.3, 0.4) is 0 Å². The predicted octanol–water partition coefficient (Wildman–Crippen LogP) is 4.37. The van der Waals surface area contributed by atoms with Gasteiger partial charge in [-0.05, 0) is 61.5 Å². The Kier molecular flexibility index (Phi) is 6.31. The normalized spacial score (nSPS) is 11.4. The Balaban J connectivity index is 1.55. The second kappa shape index (κ2) is 9.07. The zero-order valence-corrected chi connectivity index (χ0v) is 16.1. The molecular formula is C21H17ClN2O5. The molecule has 0 saturated heterocycles. The molecule has 29 heavy (non-hydrogen) atoms. The summed E-state index contributed by atoms with van der Waals surface area (Å²) < 4.78 is 10.2. The molecule has 148 valence electrons. The van der Waals surface area contributed by atoms with Crippen LogP contribution >= 0.6 is 11.6 Å². The third kappa shape index (κ3) is 5.46. The summed E-state index contributed by atoms with van der Waals surface area (Å²) in [6, 6.07) is 15.9. The molecule has 0 aliphatic heterocycles. The van der Waals surface area contributed by atoms with Crippen molar-refractivity contribution in [3.8, 4) is 0 Å². The van der Waals surface area contributed by atoms with Crippen LogP contribution in [-0.4, -0.2) is 23.9 Å². The van der Waals surface area contributed by atoms with Crippen molar-refractivity contribution in [3.63, 3.8) is 0 Å². The Morgan fingerprint density at radius 2 is 1.72 bits per heavy atom. The van der Waals surface area contributed by atoms with Crippen molar-refractivity contribution in [2.75, 3.05) is 10.6 Å². The highest BCUT2D eigenvalue weighted by molar-refractivity contribution is 6.30. The van der Waals surface area contributed by atoms with Gasteiger partial charge in [-0.2, -0.15) is 0 Å². The Hall–Kier alpha value is -3.58. The smallest absolute Gasteiger partial charge is 0.338 e. The predicted molar refractivity (Wildman–Crippen MR) is 108 cm³/mol. The van der Waals surface area contributed by atoms with Gasteiger partial charge in [-0.3, -0.25) is 9.59 Å². The van der Waals surface area contributed by atoms with Crippen LogP contribution in [0, 0.1) is 0 Å². The maximum absolute atomic E-state index is 12.3. The molecule has 2 N–H and O–H groups in total. The van der Waals surface area contributed by atoms with Crippen molar-refractivity contribution in [1.82, 2.24) is 0 Å². The molecule has 1 aromatic heterocycles. The van der Waals surface area contributed by atoms with Gasteiger partial charge in [0.2, 0.25) is 0 Å². The van der Waals surface area contributed by atoms with Crippen molar-refractivity contribution in [1.29, 1.82) is 0 Å². The Morgan fingerprint density at radius 1 is 0.966 bits per heavy atom. The first-order valence-corrected chi connectivity index (χ1v) is 9.02. The summed E-state index contributed by atoms with van der Waals surface area (Å²) in [5.74, 6) is -1.38. The van der Waals surface area contributed by atoms with Crippen LogP contribution < -0.4 is 10.6 Å². The quantitative estimate of drug-likeness (QED) is 0.586. The Labute approximate surface area is 171 Å². The topological polar surface area (TPSA) is 97.6 Å². The standard InChI is InChI=1S/C21H17ClN2O5/c1-13(19(25)24-17-5-2-4-15(22)12-17)29-21(27)14-7-9-16(10-8-14)23-20(26)18-6-3-11-28-18/h2-13H,1H3,(H,23,26)(H,24,25)/t13-/m0/s1. The first kappa shape index (κ1) is 20.2. The fourth-order valence-corrected chi connectivity index (χ4v) is 2.57. The third-order valence-electron chi connectivity index (χ3n) is 3.87. The summed E-state index contributed by atoms with van der Waals surface area (Å²) in [5.41, 5.74) is 1.22. The number of furan rings is 1. The number of hydrogen-bond donors (Lipinski definition) is 2. The maximum Gasteiger partial charge on any atom is 0.338 e. The second-order valence-corrected chi connectivity index (χ2v) is 6.49. The van der Waals surface area contributed by atoms with E-state index in [1.54, 1.807) is 42.5 Å². The zero-order chi connectivity index (χ0) is 20.8. The minimum atomic E-state index is -1.01. The highest BCUT2D eigenvalue weighted by atomic mass is 35.5. The number of ether oxygens (including phenoxy) is 1. The molecule has 7 nitrogen and oxygen atoms in total. The molecule has 1 heterocycles. The summed E-state index contributed by atoms with van der Waals surface area (Å²) in [4.78, 5) is 36.4. The van der Waals surface area contributed by atoms with Gasteiger partial charge in [0, 0.05) is 16.4 Å². The number of hydrogen-bond acceptors (Lipinski definition) is 5. The third-order valence-corrected chi connectivity index (χ3v) is 4.10. The van der Waals surface area contributed by atoms with Crippen molar-refractivity contribution < 1.29 is 23.5 Å². The maximum atomic E-state index is 12.3. The molecule has 0 spiro atoms. The lowest BCUT2D eigenvalue weighted by atomic mass is 10.2. The van der Waals surface area contributed by atoms with Crippen LogP contribution in [0.4, 0.5) is 11.4 Å². The number of nitrogens with one attached hydrogen (secondary N) is 2. The van der Waals surface area contributed by atoms with E-state index in [1.165, 1.54) is 31.4 Å². The fourth-order valence-electron chi connectivity index (χ4n) is 2.38. The van der Waals surface area contributed by atoms with E-state index in [9.17, 15) is 14.4 Å². The molecule has 3 rings (SSSR count). The molecule has 2 amide bonds. The molecule has 3 aromatic rings. The first-order chi connectivity index (χ1) is 13.9. The molecule has 8 heteroatoms. The van der Waals surface area contributed by atoms with Gasteiger partial charge >= 0.3 is 5.97 Å². The highest BCUT2D eigenvalue weighted by Crippen LogP contribution is 2.16. The van der Waals surface area contributed by atoms with Crippen LogP contribution in [-0.2, 0) is 9.53 Å². The van der Waals surface area contributed by atoms with Crippen molar-refractivity contribution in [3.05, 3.63) is 83.3 Å². The number of anilines is 2. The van der Waals surface area contributed by atoms with Crippen molar-refractivity contribution >= 4 is 40.8 Å².